The molecule has 2 fully saturated rings. The molecule has 2 N–H and O–H groups in total. The number of carboxylic acids is 1. The van der Waals surface area contributed by atoms with Crippen molar-refractivity contribution in [2.75, 3.05) is 42.9 Å². The molecule has 3 aromatic carbocycles. The number of halogens is 2. The minimum Gasteiger partial charge on any atom is -0.478 e. The van der Waals surface area contributed by atoms with E-state index in [2.05, 4.69) is 36.7 Å². The van der Waals surface area contributed by atoms with Gasteiger partial charge in [0.25, 0.3) is 5.91 Å². The van der Waals surface area contributed by atoms with E-state index in [4.69, 9.17) is 11.6 Å². The normalized spacial score (nSPS) is 18.4. The molecule has 1 atom stereocenters. The van der Waals surface area contributed by atoms with E-state index < -0.39 is 29.6 Å². The average molecular weight is 699 g/mol. The summed E-state index contributed by atoms with van der Waals surface area (Å²) in [5.41, 5.74) is 3.56. The third kappa shape index (κ3) is 6.70. The van der Waals surface area contributed by atoms with Gasteiger partial charge in [0.05, 0.1) is 16.3 Å². The van der Waals surface area contributed by atoms with E-state index in [-0.39, 0.29) is 28.4 Å². The highest BCUT2D eigenvalue weighted by molar-refractivity contribution is 6.31. The number of hydrogen-bond acceptors (Lipinski definition) is 8. The summed E-state index contributed by atoms with van der Waals surface area (Å²) in [6.07, 6.45) is 9.04. The minimum absolute atomic E-state index is 0.00898. The van der Waals surface area contributed by atoms with Crippen molar-refractivity contribution >= 4 is 46.8 Å². The van der Waals surface area contributed by atoms with Gasteiger partial charge in [0.1, 0.15) is 12.4 Å². The van der Waals surface area contributed by atoms with Crippen LogP contribution in [0.2, 0.25) is 5.02 Å². The third-order valence-electron chi connectivity index (χ3n) is 9.89. The van der Waals surface area contributed by atoms with Crippen molar-refractivity contribution in [1.29, 1.82) is 0 Å². The minimum atomic E-state index is -1.08. The first-order valence-corrected chi connectivity index (χ1v) is 17.1. The Balaban J connectivity index is 1.19. The summed E-state index contributed by atoms with van der Waals surface area (Å²) in [5, 5.41) is 23.2. The Morgan fingerprint density at radius 3 is 2.40 bits per heavy atom. The number of rotatable bonds is 8. The van der Waals surface area contributed by atoms with Gasteiger partial charge in [-0.05, 0) is 115 Å². The van der Waals surface area contributed by atoms with Crippen LogP contribution in [0.5, 0.6) is 0 Å². The molecular weight excluding hydrogens is 663 g/mol. The molecule has 4 aromatic rings. The summed E-state index contributed by atoms with van der Waals surface area (Å²) in [4.78, 5) is 46.0. The zero-order chi connectivity index (χ0) is 34.8. The maximum Gasteiger partial charge on any atom is 0.335 e. The molecule has 258 valence electrons. The Bertz CT molecular complexity index is 1920. The van der Waals surface area contributed by atoms with Crippen LogP contribution in [-0.2, 0) is 16.0 Å². The fourth-order valence-corrected chi connectivity index (χ4v) is 7.55. The number of hydrogen-bond donors (Lipinski definition) is 2. The molecular formula is C36H36ClFN8O4. The van der Waals surface area contributed by atoms with Gasteiger partial charge in [0.15, 0.2) is 5.82 Å². The van der Waals surface area contributed by atoms with Gasteiger partial charge >= 0.3 is 5.97 Å². The summed E-state index contributed by atoms with van der Waals surface area (Å²) in [7, 11) is 0. The SMILES string of the molecule is O=C(O)c1ccc(NC(=O)C2c3cccc(N4CCC(N5CCCC5)CC4)c3CCN2C(=O)C=Cc2c(-n3cnnn3)ccc(Cl)c2F)cc1. The van der Waals surface area contributed by atoms with Crippen molar-refractivity contribution in [1.82, 2.24) is 30.0 Å². The lowest BCUT2D eigenvalue weighted by Gasteiger charge is -2.41. The van der Waals surface area contributed by atoms with Crippen LogP contribution in [0.4, 0.5) is 15.8 Å². The van der Waals surface area contributed by atoms with Crippen LogP contribution in [0, 0.1) is 5.82 Å². The first kappa shape index (κ1) is 33.4. The zero-order valence-corrected chi connectivity index (χ0v) is 28.0. The second-order valence-corrected chi connectivity index (χ2v) is 13.2. The molecule has 0 aliphatic carbocycles. The molecule has 3 aliphatic heterocycles. The molecule has 50 heavy (non-hydrogen) atoms. The van der Waals surface area contributed by atoms with Crippen molar-refractivity contribution in [2.45, 2.75) is 44.2 Å². The van der Waals surface area contributed by atoms with E-state index in [1.807, 2.05) is 12.1 Å². The van der Waals surface area contributed by atoms with Crippen LogP contribution in [0.15, 0.2) is 67.0 Å². The lowest BCUT2D eigenvalue weighted by atomic mass is 9.89. The van der Waals surface area contributed by atoms with Gasteiger partial charge in [-0.25, -0.2) is 9.18 Å². The van der Waals surface area contributed by atoms with E-state index in [1.54, 1.807) is 6.07 Å². The Morgan fingerprint density at radius 1 is 0.940 bits per heavy atom. The number of carbonyl (C=O) groups excluding carboxylic acids is 2. The van der Waals surface area contributed by atoms with Gasteiger partial charge in [-0.3, -0.25) is 9.59 Å². The molecule has 2 amide bonds. The van der Waals surface area contributed by atoms with Crippen LogP contribution < -0.4 is 10.2 Å². The lowest BCUT2D eigenvalue weighted by molar-refractivity contribution is -0.135. The van der Waals surface area contributed by atoms with Crippen LogP contribution >= 0.6 is 11.6 Å². The number of aromatic carboxylic acids is 1. The molecule has 0 radical (unpaired) electrons. The van der Waals surface area contributed by atoms with E-state index in [9.17, 15) is 19.5 Å². The summed E-state index contributed by atoms with van der Waals surface area (Å²) < 4.78 is 16.6. The number of aromatic nitrogens is 4. The van der Waals surface area contributed by atoms with Crippen LogP contribution in [0.25, 0.3) is 11.8 Å². The fourth-order valence-electron chi connectivity index (χ4n) is 7.39. The molecule has 14 heteroatoms. The summed E-state index contributed by atoms with van der Waals surface area (Å²) in [5.74, 6) is -2.78. The van der Waals surface area contributed by atoms with Crippen molar-refractivity contribution in [2.24, 2.45) is 0 Å². The number of piperidine rings is 1. The molecule has 0 saturated carbocycles. The molecule has 12 nitrogen and oxygen atoms in total. The number of benzene rings is 3. The van der Waals surface area contributed by atoms with Gasteiger partial charge in [-0.15, -0.1) is 5.10 Å². The Morgan fingerprint density at radius 2 is 1.70 bits per heavy atom. The van der Waals surface area contributed by atoms with Crippen molar-refractivity contribution in [3.05, 3.63) is 100 Å². The molecule has 0 bridgehead atoms. The maximum absolute atomic E-state index is 15.3. The number of fused-ring (bicyclic) bond motifs is 1. The lowest BCUT2D eigenvalue weighted by Crippen LogP contribution is -2.46. The number of amides is 2. The molecule has 2 saturated heterocycles. The summed E-state index contributed by atoms with van der Waals surface area (Å²) in [6, 6.07) is 14.2. The van der Waals surface area contributed by atoms with Crippen LogP contribution in [-0.4, -0.2) is 91.7 Å². The number of carboxylic acid groups (broad SMARTS) is 1. The predicted octanol–water partition coefficient (Wildman–Crippen LogP) is 5.00. The Kier molecular flexibility index (Phi) is 9.59. The molecule has 3 aliphatic rings. The zero-order valence-electron chi connectivity index (χ0n) is 27.2. The highest BCUT2D eigenvalue weighted by Crippen LogP contribution is 2.38. The van der Waals surface area contributed by atoms with Gasteiger partial charge < -0.3 is 25.1 Å². The number of tetrazole rings is 1. The standard InChI is InChI=1S/C36H36ClFN8O4/c37-29-11-12-31(46-22-39-41-42-46)28(33(29)38)10-13-32(47)45-21-16-26-27(34(45)35(48)40-24-8-6-23(7-9-24)36(49)50)4-3-5-30(26)44-19-14-25(15-20-44)43-17-1-2-18-43/h3-13,22,25,34H,1-2,14-21H2,(H,40,48)(H,49,50). The second kappa shape index (κ2) is 14.4. The molecule has 7 rings (SSSR count). The first-order valence-electron chi connectivity index (χ1n) is 16.7. The number of nitrogens with zero attached hydrogens (tertiary/aromatic N) is 7. The van der Waals surface area contributed by atoms with E-state index in [0.29, 0.717) is 23.7 Å². The van der Waals surface area contributed by atoms with E-state index in [1.165, 1.54) is 84.3 Å². The van der Waals surface area contributed by atoms with E-state index in [0.717, 1.165) is 37.2 Å². The number of carbonyl (C=O) groups is 3. The largest absolute Gasteiger partial charge is 0.478 e. The number of nitrogens with one attached hydrogen (secondary N) is 1. The number of anilines is 2. The monoisotopic (exact) mass is 698 g/mol. The van der Waals surface area contributed by atoms with Crippen molar-refractivity contribution in [3.63, 3.8) is 0 Å². The second-order valence-electron chi connectivity index (χ2n) is 12.7. The number of likely N-dealkylation sites (tertiary alicyclic amines) is 1. The van der Waals surface area contributed by atoms with Gasteiger partial charge in [0, 0.05) is 48.7 Å². The summed E-state index contributed by atoms with van der Waals surface area (Å²) in [6.45, 7) is 4.39. The topological polar surface area (TPSA) is 137 Å². The Hall–Kier alpha value is -5.14. The van der Waals surface area contributed by atoms with Crippen LogP contribution in [0.1, 0.15) is 58.8 Å². The van der Waals surface area contributed by atoms with Crippen molar-refractivity contribution < 1.29 is 23.9 Å². The van der Waals surface area contributed by atoms with E-state index >= 15 is 4.39 Å². The molecule has 0 spiro atoms. The van der Waals surface area contributed by atoms with Crippen molar-refractivity contribution in [3.8, 4) is 5.69 Å². The molecule has 1 aromatic heterocycles. The molecule has 4 heterocycles. The fraction of sp³-hybridized carbons (Fsp3) is 0.333. The average Bonchev–Trinajstić information content (AvgIpc) is 3.88. The Labute approximate surface area is 293 Å². The first-order chi connectivity index (χ1) is 24.3. The van der Waals surface area contributed by atoms with Gasteiger partial charge in [0.2, 0.25) is 5.91 Å². The highest BCUT2D eigenvalue weighted by atomic mass is 35.5. The summed E-state index contributed by atoms with van der Waals surface area (Å²) >= 11 is 6.10. The van der Waals surface area contributed by atoms with Gasteiger partial charge in [-0.2, -0.15) is 4.68 Å². The predicted molar refractivity (Wildman–Crippen MR) is 186 cm³/mol. The third-order valence-corrected chi connectivity index (χ3v) is 10.2. The maximum atomic E-state index is 15.3. The quantitative estimate of drug-likeness (QED) is 0.244. The highest BCUT2D eigenvalue weighted by Gasteiger charge is 2.37. The van der Waals surface area contributed by atoms with Crippen LogP contribution in [0.3, 0.4) is 0 Å². The van der Waals surface area contributed by atoms with Gasteiger partial charge in [-0.1, -0.05) is 23.7 Å². The smallest absolute Gasteiger partial charge is 0.335 e. The molecule has 1 unspecified atom stereocenters.